The van der Waals surface area contributed by atoms with Crippen LogP contribution in [0.3, 0.4) is 0 Å². The molecule has 0 radical (unpaired) electrons. The maximum Gasteiger partial charge on any atom is 0.138 e. The molecule has 0 unspecified atom stereocenters. The number of pyridine rings is 1. The lowest BCUT2D eigenvalue weighted by Gasteiger charge is -2.03. The van der Waals surface area contributed by atoms with Gasteiger partial charge < -0.3 is 4.98 Å². The van der Waals surface area contributed by atoms with Crippen LogP contribution >= 0.6 is 0 Å². The third-order valence-electron chi connectivity index (χ3n) is 2.88. The van der Waals surface area contributed by atoms with E-state index >= 15 is 0 Å². The highest BCUT2D eigenvalue weighted by Gasteiger charge is 2.09. The number of nitrogens with one attached hydrogen (secondary N) is 1. The number of rotatable bonds is 3. The zero-order valence-corrected chi connectivity index (χ0v) is 10.6. The standard InChI is InChI=1S/C15H18N2/c1-5-7-11-12-8-9-14(10(3)4)17-15(12)16-13(11)6-2/h5-10H,2H2,1,3-4H3,(H,16,17)/b7-5-. The van der Waals surface area contributed by atoms with Crippen LogP contribution in [0.4, 0.5) is 0 Å². The van der Waals surface area contributed by atoms with Gasteiger partial charge in [-0.1, -0.05) is 32.6 Å². The largest absolute Gasteiger partial charge is 0.339 e. The van der Waals surface area contributed by atoms with Gasteiger partial charge in [-0.25, -0.2) is 4.98 Å². The highest BCUT2D eigenvalue weighted by Crippen LogP contribution is 2.25. The molecule has 0 fully saturated rings. The first-order valence-electron chi connectivity index (χ1n) is 5.95. The first kappa shape index (κ1) is 11.6. The summed E-state index contributed by atoms with van der Waals surface area (Å²) in [5.74, 6) is 0.444. The second-order valence-electron chi connectivity index (χ2n) is 4.44. The third kappa shape index (κ3) is 2.03. The summed E-state index contributed by atoms with van der Waals surface area (Å²) in [4.78, 5) is 7.96. The molecular weight excluding hydrogens is 208 g/mol. The molecule has 2 aromatic rings. The lowest BCUT2D eigenvalue weighted by Crippen LogP contribution is -1.91. The normalized spacial score (nSPS) is 11.8. The Kier molecular flexibility index (Phi) is 3.14. The Bertz CT molecular complexity index is 574. The number of aromatic nitrogens is 2. The Hall–Kier alpha value is -1.83. The number of allylic oxidation sites excluding steroid dienone is 1. The minimum Gasteiger partial charge on any atom is -0.339 e. The number of hydrogen-bond donors (Lipinski definition) is 1. The molecule has 2 aromatic heterocycles. The summed E-state index contributed by atoms with van der Waals surface area (Å²) < 4.78 is 0. The fourth-order valence-electron chi connectivity index (χ4n) is 1.96. The first-order valence-corrected chi connectivity index (χ1v) is 5.95. The first-order chi connectivity index (χ1) is 8.17. The maximum absolute atomic E-state index is 4.65. The van der Waals surface area contributed by atoms with Crippen molar-refractivity contribution in [3.63, 3.8) is 0 Å². The molecule has 0 aliphatic carbocycles. The van der Waals surface area contributed by atoms with E-state index in [9.17, 15) is 0 Å². The number of fused-ring (bicyclic) bond motifs is 1. The van der Waals surface area contributed by atoms with Crippen molar-refractivity contribution < 1.29 is 0 Å². The summed E-state index contributed by atoms with van der Waals surface area (Å²) >= 11 is 0. The fourth-order valence-corrected chi connectivity index (χ4v) is 1.96. The smallest absolute Gasteiger partial charge is 0.138 e. The highest BCUT2D eigenvalue weighted by atomic mass is 14.9. The Morgan fingerprint density at radius 3 is 2.71 bits per heavy atom. The lowest BCUT2D eigenvalue weighted by atomic mass is 10.1. The van der Waals surface area contributed by atoms with E-state index in [2.05, 4.69) is 48.6 Å². The van der Waals surface area contributed by atoms with Gasteiger partial charge in [0.2, 0.25) is 0 Å². The van der Waals surface area contributed by atoms with Crippen molar-refractivity contribution in [2.24, 2.45) is 0 Å². The maximum atomic E-state index is 4.65. The van der Waals surface area contributed by atoms with Crippen LogP contribution in [0.25, 0.3) is 23.2 Å². The van der Waals surface area contributed by atoms with Crippen molar-refractivity contribution in [1.29, 1.82) is 0 Å². The zero-order valence-electron chi connectivity index (χ0n) is 10.6. The van der Waals surface area contributed by atoms with Crippen LogP contribution in [0.1, 0.15) is 43.6 Å². The second-order valence-corrected chi connectivity index (χ2v) is 4.44. The van der Waals surface area contributed by atoms with E-state index in [1.165, 1.54) is 5.56 Å². The SMILES string of the molecule is C=Cc1[nH]c2nc(C(C)C)ccc2c1/C=C\C. The van der Waals surface area contributed by atoms with Crippen LogP contribution in [0, 0.1) is 0 Å². The summed E-state index contributed by atoms with van der Waals surface area (Å²) in [5.41, 5.74) is 4.26. The molecule has 2 rings (SSSR count). The third-order valence-corrected chi connectivity index (χ3v) is 2.88. The molecular formula is C15H18N2. The van der Waals surface area contributed by atoms with Gasteiger partial charge in [-0.3, -0.25) is 0 Å². The molecule has 88 valence electrons. The minimum atomic E-state index is 0.444. The van der Waals surface area contributed by atoms with Crippen LogP contribution in [0.15, 0.2) is 24.8 Å². The molecule has 0 saturated carbocycles. The van der Waals surface area contributed by atoms with Crippen LogP contribution < -0.4 is 0 Å². The Balaban J connectivity index is 2.69. The van der Waals surface area contributed by atoms with Gasteiger partial charge in [0.1, 0.15) is 5.65 Å². The van der Waals surface area contributed by atoms with Gasteiger partial charge in [-0.15, -0.1) is 0 Å². The zero-order chi connectivity index (χ0) is 12.4. The van der Waals surface area contributed by atoms with Gasteiger partial charge in [0.05, 0.1) is 0 Å². The topological polar surface area (TPSA) is 28.7 Å². The van der Waals surface area contributed by atoms with Gasteiger partial charge >= 0.3 is 0 Å². The quantitative estimate of drug-likeness (QED) is 0.827. The second kappa shape index (κ2) is 4.58. The molecule has 0 saturated heterocycles. The van der Waals surface area contributed by atoms with Crippen molar-refractivity contribution >= 4 is 23.2 Å². The lowest BCUT2D eigenvalue weighted by molar-refractivity contribution is 0.828. The molecule has 0 aliphatic heterocycles. The van der Waals surface area contributed by atoms with Crippen molar-refractivity contribution in [3.05, 3.63) is 41.7 Å². The van der Waals surface area contributed by atoms with Crippen LogP contribution in [0.2, 0.25) is 0 Å². The number of hydrogen-bond acceptors (Lipinski definition) is 1. The van der Waals surface area contributed by atoms with Crippen molar-refractivity contribution in [2.45, 2.75) is 26.7 Å². The summed E-state index contributed by atoms with van der Waals surface area (Å²) in [6, 6.07) is 4.23. The van der Waals surface area contributed by atoms with Gasteiger partial charge in [-0.05, 0) is 31.1 Å². The summed E-state index contributed by atoms with van der Waals surface area (Å²) in [6.45, 7) is 10.2. The van der Waals surface area contributed by atoms with E-state index in [0.717, 1.165) is 22.4 Å². The minimum absolute atomic E-state index is 0.444. The molecule has 0 atom stereocenters. The summed E-state index contributed by atoms with van der Waals surface area (Å²) in [5, 5.41) is 1.16. The van der Waals surface area contributed by atoms with E-state index in [4.69, 9.17) is 0 Å². The van der Waals surface area contributed by atoms with Crippen LogP contribution in [-0.4, -0.2) is 9.97 Å². The average molecular weight is 226 g/mol. The number of aromatic amines is 1. The van der Waals surface area contributed by atoms with E-state index < -0.39 is 0 Å². The van der Waals surface area contributed by atoms with Gasteiger partial charge in [-0.2, -0.15) is 0 Å². The highest BCUT2D eigenvalue weighted by molar-refractivity contribution is 5.91. The predicted octanol–water partition coefficient (Wildman–Crippen LogP) is 4.36. The Labute approximate surface area is 102 Å². The number of H-pyrrole nitrogens is 1. The van der Waals surface area contributed by atoms with Crippen LogP contribution in [0.5, 0.6) is 0 Å². The average Bonchev–Trinajstić information content (AvgIpc) is 2.67. The fraction of sp³-hybridized carbons (Fsp3) is 0.267. The van der Waals surface area contributed by atoms with E-state index in [0.29, 0.717) is 5.92 Å². The molecule has 0 bridgehead atoms. The molecule has 17 heavy (non-hydrogen) atoms. The molecule has 1 N–H and O–H groups in total. The Morgan fingerprint density at radius 1 is 1.35 bits per heavy atom. The molecule has 0 amide bonds. The van der Waals surface area contributed by atoms with Crippen molar-refractivity contribution in [1.82, 2.24) is 9.97 Å². The van der Waals surface area contributed by atoms with Crippen molar-refractivity contribution in [2.75, 3.05) is 0 Å². The van der Waals surface area contributed by atoms with Crippen molar-refractivity contribution in [3.8, 4) is 0 Å². The van der Waals surface area contributed by atoms with E-state index in [1.807, 2.05) is 19.1 Å². The molecule has 0 aromatic carbocycles. The monoisotopic (exact) mass is 226 g/mol. The summed E-state index contributed by atoms with van der Waals surface area (Å²) in [6.07, 6.45) is 5.96. The van der Waals surface area contributed by atoms with Gasteiger partial charge in [0.25, 0.3) is 0 Å². The molecule has 0 aliphatic rings. The Morgan fingerprint density at radius 2 is 2.12 bits per heavy atom. The van der Waals surface area contributed by atoms with Gasteiger partial charge in [0, 0.05) is 22.3 Å². The predicted molar refractivity (Wildman–Crippen MR) is 75.0 cm³/mol. The van der Waals surface area contributed by atoms with Gasteiger partial charge in [0.15, 0.2) is 0 Å². The molecule has 0 spiro atoms. The molecule has 2 nitrogen and oxygen atoms in total. The molecule has 2 heterocycles. The van der Waals surface area contributed by atoms with E-state index in [-0.39, 0.29) is 0 Å². The molecule has 2 heteroatoms. The number of nitrogens with zero attached hydrogens (tertiary/aromatic N) is 1. The summed E-state index contributed by atoms with van der Waals surface area (Å²) in [7, 11) is 0. The van der Waals surface area contributed by atoms with Crippen LogP contribution in [-0.2, 0) is 0 Å². The van der Waals surface area contributed by atoms with E-state index in [1.54, 1.807) is 0 Å².